The van der Waals surface area contributed by atoms with Crippen LogP contribution in [0, 0.1) is 15.9 Å². The summed E-state index contributed by atoms with van der Waals surface area (Å²) >= 11 is 0. The van der Waals surface area contributed by atoms with Crippen LogP contribution in [0.3, 0.4) is 0 Å². The molecule has 130 valence electrons. The monoisotopic (exact) mass is 346 g/mol. The van der Waals surface area contributed by atoms with Crippen LogP contribution in [0.1, 0.15) is 11.1 Å². The van der Waals surface area contributed by atoms with E-state index in [0.29, 0.717) is 11.1 Å². The lowest BCUT2D eigenvalue weighted by Gasteiger charge is -2.14. The van der Waals surface area contributed by atoms with Crippen LogP contribution in [0.2, 0.25) is 0 Å². The summed E-state index contributed by atoms with van der Waals surface area (Å²) in [4.78, 5) is 33.4. The van der Waals surface area contributed by atoms with Crippen molar-refractivity contribution >= 4 is 17.6 Å². The molecule has 25 heavy (non-hydrogen) atoms. The Balaban J connectivity index is 2.01. The van der Waals surface area contributed by atoms with Crippen LogP contribution < -0.4 is 5.32 Å². The van der Waals surface area contributed by atoms with Gasteiger partial charge in [0.15, 0.2) is 0 Å². The van der Waals surface area contributed by atoms with Gasteiger partial charge in [0.1, 0.15) is 11.9 Å². The number of benzene rings is 2. The molecule has 2 aromatic rings. The van der Waals surface area contributed by atoms with Gasteiger partial charge in [-0.3, -0.25) is 14.9 Å². The number of carboxylic acids is 1. The fourth-order valence-corrected chi connectivity index (χ4v) is 2.27. The lowest BCUT2D eigenvalue weighted by Crippen LogP contribution is -2.43. The predicted octanol–water partition coefficient (Wildman–Crippen LogP) is 2.09. The van der Waals surface area contributed by atoms with E-state index in [1.807, 2.05) is 0 Å². The smallest absolute Gasteiger partial charge is 0.326 e. The van der Waals surface area contributed by atoms with Gasteiger partial charge < -0.3 is 10.4 Å². The first-order valence-corrected chi connectivity index (χ1v) is 7.35. The summed E-state index contributed by atoms with van der Waals surface area (Å²) in [6, 6.07) is 9.69. The molecular formula is C17H15FN2O5. The van der Waals surface area contributed by atoms with E-state index in [1.165, 1.54) is 42.5 Å². The Hall–Kier alpha value is -3.29. The highest BCUT2D eigenvalue weighted by molar-refractivity contribution is 5.85. The van der Waals surface area contributed by atoms with E-state index >= 15 is 0 Å². The second kappa shape index (κ2) is 8.00. The van der Waals surface area contributed by atoms with Crippen molar-refractivity contribution in [3.63, 3.8) is 0 Å². The van der Waals surface area contributed by atoms with Crippen molar-refractivity contribution < 1.29 is 24.0 Å². The molecule has 0 heterocycles. The average molecular weight is 346 g/mol. The maximum absolute atomic E-state index is 13.1. The van der Waals surface area contributed by atoms with Crippen molar-refractivity contribution in [3.8, 4) is 0 Å². The van der Waals surface area contributed by atoms with Crippen LogP contribution in [0.4, 0.5) is 10.1 Å². The van der Waals surface area contributed by atoms with E-state index in [0.717, 1.165) is 0 Å². The number of nitro benzene ring substituents is 1. The molecule has 0 saturated heterocycles. The lowest BCUT2D eigenvalue weighted by atomic mass is 10.0. The number of nitro groups is 1. The Morgan fingerprint density at radius 3 is 2.40 bits per heavy atom. The van der Waals surface area contributed by atoms with Crippen molar-refractivity contribution in [3.05, 3.63) is 75.6 Å². The minimum absolute atomic E-state index is 0.0256. The number of aliphatic carboxylic acids is 1. The molecule has 2 aromatic carbocycles. The van der Waals surface area contributed by atoms with E-state index in [-0.39, 0.29) is 18.5 Å². The van der Waals surface area contributed by atoms with Gasteiger partial charge in [0.05, 0.1) is 11.3 Å². The summed E-state index contributed by atoms with van der Waals surface area (Å²) in [5.74, 6) is -2.27. The van der Waals surface area contributed by atoms with Crippen molar-refractivity contribution in [2.75, 3.05) is 0 Å². The fraction of sp³-hybridized carbons (Fsp3) is 0.176. The maximum Gasteiger partial charge on any atom is 0.326 e. The molecule has 0 fully saturated rings. The van der Waals surface area contributed by atoms with Crippen LogP contribution in [0.5, 0.6) is 0 Å². The highest BCUT2D eigenvalue weighted by atomic mass is 19.1. The molecular weight excluding hydrogens is 331 g/mol. The first kappa shape index (κ1) is 18.1. The minimum atomic E-state index is -1.23. The SMILES string of the molecule is O=C(Cc1cccc(F)c1)N[C@@H](Cc1ccc([N+](=O)[O-])cc1)C(=O)O. The van der Waals surface area contributed by atoms with Crippen LogP contribution in [0.25, 0.3) is 0 Å². The van der Waals surface area contributed by atoms with Gasteiger partial charge >= 0.3 is 5.97 Å². The van der Waals surface area contributed by atoms with Crippen LogP contribution in [-0.2, 0) is 22.4 Å². The fourth-order valence-electron chi connectivity index (χ4n) is 2.27. The Kier molecular flexibility index (Phi) is 5.78. The van der Waals surface area contributed by atoms with Gasteiger partial charge in [0.25, 0.3) is 5.69 Å². The van der Waals surface area contributed by atoms with Crippen molar-refractivity contribution in [1.82, 2.24) is 5.32 Å². The van der Waals surface area contributed by atoms with Crippen LogP contribution in [0.15, 0.2) is 48.5 Å². The first-order chi connectivity index (χ1) is 11.8. The molecule has 0 aromatic heterocycles. The number of amides is 1. The number of non-ortho nitro benzene ring substituents is 1. The molecule has 0 aliphatic carbocycles. The molecule has 0 spiro atoms. The number of carboxylic acid groups (broad SMARTS) is 1. The van der Waals surface area contributed by atoms with Crippen molar-refractivity contribution in [2.45, 2.75) is 18.9 Å². The summed E-state index contributed by atoms with van der Waals surface area (Å²) in [5.41, 5.74) is 0.854. The molecule has 0 radical (unpaired) electrons. The second-order valence-electron chi connectivity index (χ2n) is 5.39. The van der Waals surface area contributed by atoms with Crippen LogP contribution >= 0.6 is 0 Å². The zero-order valence-corrected chi connectivity index (χ0v) is 13.0. The summed E-state index contributed by atoms with van der Waals surface area (Å²) < 4.78 is 13.1. The number of carbonyl (C=O) groups is 2. The largest absolute Gasteiger partial charge is 0.480 e. The molecule has 7 nitrogen and oxygen atoms in total. The zero-order chi connectivity index (χ0) is 18.4. The van der Waals surface area contributed by atoms with Crippen LogP contribution in [-0.4, -0.2) is 27.9 Å². The predicted molar refractivity (Wildman–Crippen MR) is 86.5 cm³/mol. The highest BCUT2D eigenvalue weighted by Crippen LogP contribution is 2.13. The number of hydrogen-bond acceptors (Lipinski definition) is 4. The van der Waals surface area contributed by atoms with E-state index in [4.69, 9.17) is 0 Å². The third-order valence-corrected chi connectivity index (χ3v) is 3.47. The zero-order valence-electron chi connectivity index (χ0n) is 13.0. The molecule has 8 heteroatoms. The summed E-state index contributed by atoms with van der Waals surface area (Å²) in [6.07, 6.45) is -0.177. The number of nitrogens with one attached hydrogen (secondary N) is 1. The molecule has 1 amide bonds. The molecule has 0 unspecified atom stereocenters. The first-order valence-electron chi connectivity index (χ1n) is 7.35. The van der Waals surface area contributed by atoms with Gasteiger partial charge in [-0.25, -0.2) is 9.18 Å². The number of rotatable bonds is 7. The number of carbonyl (C=O) groups excluding carboxylic acids is 1. The quantitative estimate of drug-likeness (QED) is 0.589. The van der Waals surface area contributed by atoms with Gasteiger partial charge in [0, 0.05) is 18.6 Å². The van der Waals surface area contributed by atoms with E-state index in [1.54, 1.807) is 6.07 Å². The molecule has 2 rings (SSSR count). The van der Waals surface area contributed by atoms with Gasteiger partial charge in [-0.2, -0.15) is 0 Å². The average Bonchev–Trinajstić information content (AvgIpc) is 2.54. The molecule has 0 saturated carbocycles. The lowest BCUT2D eigenvalue weighted by molar-refractivity contribution is -0.384. The minimum Gasteiger partial charge on any atom is -0.480 e. The standard InChI is InChI=1S/C17H15FN2O5/c18-13-3-1-2-12(8-13)10-16(21)19-15(17(22)23)9-11-4-6-14(7-5-11)20(24)25/h1-8,15H,9-10H2,(H,19,21)(H,22,23)/t15-/m0/s1. The van der Waals surface area contributed by atoms with Crippen molar-refractivity contribution in [1.29, 1.82) is 0 Å². The summed E-state index contributed by atoms with van der Waals surface area (Å²) in [5, 5.41) is 22.2. The molecule has 0 bridgehead atoms. The van der Waals surface area contributed by atoms with E-state index in [2.05, 4.69) is 5.32 Å². The molecule has 0 aliphatic heterocycles. The van der Waals surface area contributed by atoms with Crippen molar-refractivity contribution in [2.24, 2.45) is 0 Å². The van der Waals surface area contributed by atoms with E-state index < -0.39 is 28.7 Å². The Bertz CT molecular complexity index is 792. The normalized spacial score (nSPS) is 11.6. The van der Waals surface area contributed by atoms with Gasteiger partial charge in [0.2, 0.25) is 5.91 Å². The van der Waals surface area contributed by atoms with E-state index in [9.17, 15) is 29.2 Å². The maximum atomic E-state index is 13.1. The highest BCUT2D eigenvalue weighted by Gasteiger charge is 2.21. The third-order valence-electron chi connectivity index (χ3n) is 3.47. The molecule has 0 aliphatic rings. The Morgan fingerprint density at radius 1 is 1.16 bits per heavy atom. The second-order valence-corrected chi connectivity index (χ2v) is 5.39. The topological polar surface area (TPSA) is 110 Å². The molecule has 2 N–H and O–H groups in total. The molecule has 1 atom stereocenters. The number of hydrogen-bond donors (Lipinski definition) is 2. The Labute approximate surface area is 142 Å². The Morgan fingerprint density at radius 2 is 1.84 bits per heavy atom. The van der Waals surface area contributed by atoms with Gasteiger partial charge in [-0.1, -0.05) is 24.3 Å². The third kappa shape index (κ3) is 5.38. The summed E-state index contributed by atoms with van der Waals surface area (Å²) in [7, 11) is 0. The van der Waals surface area contributed by atoms with Gasteiger partial charge in [-0.05, 0) is 23.3 Å². The number of nitrogens with zero attached hydrogens (tertiary/aromatic N) is 1. The summed E-state index contributed by atoms with van der Waals surface area (Å²) in [6.45, 7) is 0. The number of halogens is 1. The van der Waals surface area contributed by atoms with Gasteiger partial charge in [-0.15, -0.1) is 0 Å².